The molecule has 26 heavy (non-hydrogen) atoms. The van der Waals surface area contributed by atoms with Crippen molar-refractivity contribution < 1.29 is 13.2 Å². The number of hydrogen-bond donors (Lipinski definition) is 1. The molecule has 0 saturated carbocycles. The summed E-state index contributed by atoms with van der Waals surface area (Å²) in [6, 6.07) is 7.98. The summed E-state index contributed by atoms with van der Waals surface area (Å²) >= 11 is 5.82. The SMILES string of the molecule is Cn1nccc1CNC(=O)C1CCN(S(=O)(=O)c2ccc(Cl)cc2)CC1. The van der Waals surface area contributed by atoms with Crippen molar-refractivity contribution in [2.24, 2.45) is 13.0 Å². The highest BCUT2D eigenvalue weighted by Gasteiger charge is 2.32. The molecule has 1 aromatic carbocycles. The molecule has 1 aromatic heterocycles. The van der Waals surface area contributed by atoms with Gasteiger partial charge in [0.2, 0.25) is 15.9 Å². The Morgan fingerprint density at radius 2 is 1.88 bits per heavy atom. The number of sulfonamides is 1. The summed E-state index contributed by atoms with van der Waals surface area (Å²) in [6.07, 6.45) is 2.69. The molecule has 0 aliphatic carbocycles. The van der Waals surface area contributed by atoms with Gasteiger partial charge in [0.05, 0.1) is 17.1 Å². The van der Waals surface area contributed by atoms with E-state index in [9.17, 15) is 13.2 Å². The molecule has 1 N–H and O–H groups in total. The number of nitrogens with one attached hydrogen (secondary N) is 1. The van der Waals surface area contributed by atoms with Gasteiger partial charge in [-0.05, 0) is 43.2 Å². The maximum atomic E-state index is 12.7. The number of hydrogen-bond acceptors (Lipinski definition) is 4. The number of amides is 1. The molecule has 0 spiro atoms. The zero-order chi connectivity index (χ0) is 18.7. The van der Waals surface area contributed by atoms with Crippen LogP contribution >= 0.6 is 11.6 Å². The Hall–Kier alpha value is -1.90. The van der Waals surface area contributed by atoms with Gasteiger partial charge in [-0.15, -0.1) is 0 Å². The van der Waals surface area contributed by atoms with Crippen molar-refractivity contribution in [1.82, 2.24) is 19.4 Å². The van der Waals surface area contributed by atoms with E-state index in [2.05, 4.69) is 10.4 Å². The molecule has 2 heterocycles. The third-order valence-electron chi connectivity index (χ3n) is 4.64. The second-order valence-corrected chi connectivity index (χ2v) is 8.67. The van der Waals surface area contributed by atoms with Crippen LogP contribution in [-0.4, -0.2) is 41.5 Å². The minimum Gasteiger partial charge on any atom is -0.350 e. The van der Waals surface area contributed by atoms with E-state index in [1.54, 1.807) is 23.0 Å². The van der Waals surface area contributed by atoms with E-state index in [1.165, 1.54) is 16.4 Å². The first-order valence-electron chi connectivity index (χ1n) is 8.38. The quantitative estimate of drug-likeness (QED) is 0.835. The lowest BCUT2D eigenvalue weighted by atomic mass is 9.97. The van der Waals surface area contributed by atoms with Gasteiger partial charge in [-0.2, -0.15) is 9.40 Å². The molecule has 1 fully saturated rings. The smallest absolute Gasteiger partial charge is 0.243 e. The molecular formula is C17H21ClN4O3S. The van der Waals surface area contributed by atoms with Gasteiger partial charge in [0, 0.05) is 37.3 Å². The van der Waals surface area contributed by atoms with Crippen LogP contribution in [0.2, 0.25) is 5.02 Å². The highest BCUT2D eigenvalue weighted by atomic mass is 35.5. The topological polar surface area (TPSA) is 84.3 Å². The maximum absolute atomic E-state index is 12.7. The van der Waals surface area contributed by atoms with Crippen molar-refractivity contribution in [3.63, 3.8) is 0 Å². The first-order chi connectivity index (χ1) is 12.4. The second-order valence-electron chi connectivity index (χ2n) is 6.30. The van der Waals surface area contributed by atoms with Gasteiger partial charge in [0.1, 0.15) is 0 Å². The highest BCUT2D eigenvalue weighted by Crippen LogP contribution is 2.24. The van der Waals surface area contributed by atoms with E-state index < -0.39 is 10.0 Å². The Balaban J connectivity index is 1.55. The highest BCUT2D eigenvalue weighted by molar-refractivity contribution is 7.89. The van der Waals surface area contributed by atoms with Crippen molar-refractivity contribution in [3.05, 3.63) is 47.2 Å². The standard InChI is InChI=1S/C17H21ClN4O3S/c1-21-15(6-9-20-21)12-19-17(23)13-7-10-22(11-8-13)26(24,25)16-4-2-14(18)3-5-16/h2-6,9,13H,7-8,10-12H2,1H3,(H,19,23). The van der Waals surface area contributed by atoms with Gasteiger partial charge in [-0.3, -0.25) is 9.48 Å². The molecule has 0 radical (unpaired) electrons. The van der Waals surface area contributed by atoms with Crippen LogP contribution in [0.1, 0.15) is 18.5 Å². The molecule has 9 heteroatoms. The van der Waals surface area contributed by atoms with Gasteiger partial charge in [-0.25, -0.2) is 8.42 Å². The molecule has 0 unspecified atom stereocenters. The van der Waals surface area contributed by atoms with Gasteiger partial charge in [0.15, 0.2) is 0 Å². The minimum atomic E-state index is -3.55. The average Bonchev–Trinajstić information content (AvgIpc) is 3.05. The molecule has 7 nitrogen and oxygen atoms in total. The van der Waals surface area contributed by atoms with Crippen LogP contribution in [0.5, 0.6) is 0 Å². The molecule has 1 saturated heterocycles. The van der Waals surface area contributed by atoms with Crippen LogP contribution in [-0.2, 0) is 28.4 Å². The fourth-order valence-electron chi connectivity index (χ4n) is 3.01. The third-order valence-corrected chi connectivity index (χ3v) is 6.81. The number of carbonyl (C=O) groups is 1. The van der Waals surface area contributed by atoms with Gasteiger partial charge in [-0.1, -0.05) is 11.6 Å². The van der Waals surface area contributed by atoms with E-state index >= 15 is 0 Å². The first-order valence-corrected chi connectivity index (χ1v) is 10.2. The fourth-order valence-corrected chi connectivity index (χ4v) is 4.61. The number of aromatic nitrogens is 2. The Kier molecular flexibility index (Phi) is 5.64. The number of piperidine rings is 1. The van der Waals surface area contributed by atoms with E-state index in [-0.39, 0.29) is 16.7 Å². The molecular weight excluding hydrogens is 376 g/mol. The lowest BCUT2D eigenvalue weighted by Gasteiger charge is -2.30. The predicted molar refractivity (Wildman–Crippen MR) is 98.0 cm³/mol. The summed E-state index contributed by atoms with van der Waals surface area (Å²) in [4.78, 5) is 12.6. The summed E-state index contributed by atoms with van der Waals surface area (Å²) < 4.78 is 28.5. The zero-order valence-corrected chi connectivity index (χ0v) is 16.0. The maximum Gasteiger partial charge on any atom is 0.243 e. The number of halogens is 1. The van der Waals surface area contributed by atoms with Crippen molar-refractivity contribution >= 4 is 27.5 Å². The molecule has 2 aromatic rings. The molecule has 1 aliphatic heterocycles. The molecule has 3 rings (SSSR count). The van der Waals surface area contributed by atoms with Gasteiger partial charge in [0.25, 0.3) is 0 Å². The largest absolute Gasteiger partial charge is 0.350 e. The normalized spacial score (nSPS) is 16.5. The summed E-state index contributed by atoms with van der Waals surface area (Å²) in [5.41, 5.74) is 0.918. The van der Waals surface area contributed by atoms with Crippen LogP contribution in [0.3, 0.4) is 0 Å². The summed E-state index contributed by atoms with van der Waals surface area (Å²) in [6.45, 7) is 1.07. The summed E-state index contributed by atoms with van der Waals surface area (Å²) in [5, 5.41) is 7.46. The van der Waals surface area contributed by atoms with Crippen LogP contribution in [0.25, 0.3) is 0 Å². The number of rotatable bonds is 5. The van der Waals surface area contributed by atoms with Crippen LogP contribution < -0.4 is 5.32 Å². The number of aryl methyl sites for hydroxylation is 1. The number of nitrogens with zero attached hydrogens (tertiary/aromatic N) is 3. The first kappa shape index (κ1) is 18.9. The van der Waals surface area contributed by atoms with Crippen molar-refractivity contribution in [2.45, 2.75) is 24.3 Å². The number of carbonyl (C=O) groups excluding carboxylic acids is 1. The fraction of sp³-hybridized carbons (Fsp3) is 0.412. The van der Waals surface area contributed by atoms with Crippen LogP contribution in [0.4, 0.5) is 0 Å². The lowest BCUT2D eigenvalue weighted by molar-refractivity contribution is -0.126. The zero-order valence-electron chi connectivity index (χ0n) is 14.4. The summed E-state index contributed by atoms with van der Waals surface area (Å²) in [7, 11) is -1.73. The minimum absolute atomic E-state index is 0.0465. The third kappa shape index (κ3) is 4.08. The van der Waals surface area contributed by atoms with E-state index in [1.807, 2.05) is 13.1 Å². The average molecular weight is 397 g/mol. The predicted octanol–water partition coefficient (Wildman–Crippen LogP) is 1.79. The molecule has 1 amide bonds. The summed E-state index contributed by atoms with van der Waals surface area (Å²) in [5.74, 6) is -0.227. The van der Waals surface area contributed by atoms with Crippen molar-refractivity contribution in [2.75, 3.05) is 13.1 Å². The Bertz CT molecular complexity index is 872. The van der Waals surface area contributed by atoms with Crippen molar-refractivity contribution in [1.29, 1.82) is 0 Å². The van der Waals surface area contributed by atoms with E-state index in [0.29, 0.717) is 37.5 Å². The Labute approximate surface area is 158 Å². The molecule has 0 atom stereocenters. The Morgan fingerprint density at radius 3 is 2.46 bits per heavy atom. The molecule has 1 aliphatic rings. The number of benzene rings is 1. The molecule has 140 valence electrons. The van der Waals surface area contributed by atoms with Crippen LogP contribution in [0, 0.1) is 5.92 Å². The van der Waals surface area contributed by atoms with Gasteiger partial charge < -0.3 is 5.32 Å². The van der Waals surface area contributed by atoms with Crippen LogP contribution in [0.15, 0.2) is 41.4 Å². The Morgan fingerprint density at radius 1 is 1.23 bits per heavy atom. The van der Waals surface area contributed by atoms with E-state index in [0.717, 1.165) is 5.69 Å². The lowest BCUT2D eigenvalue weighted by Crippen LogP contribution is -2.42. The monoisotopic (exact) mass is 396 g/mol. The van der Waals surface area contributed by atoms with Gasteiger partial charge >= 0.3 is 0 Å². The molecule has 0 bridgehead atoms. The van der Waals surface area contributed by atoms with E-state index in [4.69, 9.17) is 11.6 Å². The second kappa shape index (κ2) is 7.77. The van der Waals surface area contributed by atoms with Crippen molar-refractivity contribution in [3.8, 4) is 0 Å².